The van der Waals surface area contributed by atoms with Gasteiger partial charge in [0.15, 0.2) is 0 Å². The smallest absolute Gasteiger partial charge is 0.145 e. The summed E-state index contributed by atoms with van der Waals surface area (Å²) in [6, 6.07) is 1.82. The van der Waals surface area contributed by atoms with Crippen molar-refractivity contribution in [1.82, 2.24) is 19.6 Å². The molecule has 5 nitrogen and oxygen atoms in total. The largest absolute Gasteiger partial charge is 0.382 e. The normalized spacial score (nSPS) is 11.1. The molecule has 0 radical (unpaired) electrons. The topological polar surface area (TPSA) is 61.7 Å². The Bertz CT molecular complexity index is 523. The lowest BCUT2D eigenvalue weighted by Gasteiger charge is -2.05. The van der Waals surface area contributed by atoms with Crippen LogP contribution in [0, 0.1) is 13.8 Å². The highest BCUT2D eigenvalue weighted by Gasteiger charge is 2.08. The minimum atomic E-state index is 0.578. The second kappa shape index (κ2) is 5.25. The van der Waals surface area contributed by atoms with Gasteiger partial charge in [-0.2, -0.15) is 10.2 Å². The van der Waals surface area contributed by atoms with Crippen LogP contribution < -0.4 is 5.73 Å². The van der Waals surface area contributed by atoms with Gasteiger partial charge in [0.1, 0.15) is 5.82 Å². The molecule has 2 heterocycles. The Morgan fingerprint density at radius 3 is 2.56 bits per heavy atom. The van der Waals surface area contributed by atoms with Crippen molar-refractivity contribution in [3.63, 3.8) is 0 Å². The minimum absolute atomic E-state index is 0.578. The second-order valence-electron chi connectivity index (χ2n) is 4.58. The van der Waals surface area contributed by atoms with Crippen molar-refractivity contribution in [3.8, 4) is 0 Å². The molecule has 0 aromatic carbocycles. The van der Waals surface area contributed by atoms with Crippen LogP contribution >= 0.6 is 0 Å². The number of rotatable bonds is 5. The summed E-state index contributed by atoms with van der Waals surface area (Å²) in [7, 11) is 0. The fraction of sp³-hybridized carbons (Fsp3) is 0.538. The van der Waals surface area contributed by atoms with E-state index in [1.165, 1.54) is 11.3 Å². The molecule has 0 bridgehead atoms. The molecule has 2 aromatic heterocycles. The predicted molar refractivity (Wildman–Crippen MR) is 72.3 cm³/mol. The Morgan fingerprint density at radius 1 is 1.22 bits per heavy atom. The molecule has 0 aliphatic rings. The average molecular weight is 247 g/mol. The molecule has 0 spiro atoms. The maximum absolute atomic E-state index is 5.58. The van der Waals surface area contributed by atoms with Gasteiger partial charge < -0.3 is 5.73 Å². The molecule has 2 N–H and O–H groups in total. The van der Waals surface area contributed by atoms with Gasteiger partial charge in [-0.25, -0.2) is 0 Å². The Morgan fingerprint density at radius 2 is 2.00 bits per heavy atom. The van der Waals surface area contributed by atoms with Gasteiger partial charge >= 0.3 is 0 Å². The van der Waals surface area contributed by atoms with E-state index in [0.717, 1.165) is 31.6 Å². The fourth-order valence-electron chi connectivity index (χ4n) is 2.35. The third kappa shape index (κ3) is 2.55. The van der Waals surface area contributed by atoms with E-state index in [1.54, 1.807) is 0 Å². The number of nitrogen functional groups attached to an aromatic ring is 1. The standard InChI is InChI=1S/C13H21N5/c1-4-12-10(2)15-18(11(12)3)8-5-7-17-9-6-13(14)16-17/h6,9H,4-5,7-8H2,1-3H3,(H2,14,16). The molecule has 0 aliphatic heterocycles. The zero-order chi connectivity index (χ0) is 13.1. The molecule has 98 valence electrons. The summed E-state index contributed by atoms with van der Waals surface area (Å²) in [6.07, 6.45) is 3.97. The van der Waals surface area contributed by atoms with Gasteiger partial charge in [0.25, 0.3) is 0 Å². The minimum Gasteiger partial charge on any atom is -0.382 e. The Balaban J connectivity index is 1.94. The van der Waals surface area contributed by atoms with Crippen molar-refractivity contribution in [3.05, 3.63) is 29.2 Å². The van der Waals surface area contributed by atoms with E-state index in [-0.39, 0.29) is 0 Å². The Kier molecular flexibility index (Phi) is 3.69. The SMILES string of the molecule is CCc1c(C)nn(CCCn2ccc(N)n2)c1C. The molecule has 2 aromatic rings. The molecule has 0 amide bonds. The van der Waals surface area contributed by atoms with Crippen LogP contribution in [0.3, 0.4) is 0 Å². The number of aromatic nitrogens is 4. The van der Waals surface area contributed by atoms with Crippen molar-refractivity contribution in [2.75, 3.05) is 5.73 Å². The van der Waals surface area contributed by atoms with Gasteiger partial charge in [0.2, 0.25) is 0 Å². The zero-order valence-corrected chi connectivity index (χ0v) is 11.3. The third-order valence-electron chi connectivity index (χ3n) is 3.30. The number of aryl methyl sites for hydroxylation is 3. The van der Waals surface area contributed by atoms with Crippen LogP contribution in [-0.4, -0.2) is 19.6 Å². The summed E-state index contributed by atoms with van der Waals surface area (Å²) in [5.74, 6) is 0.578. The lowest BCUT2D eigenvalue weighted by molar-refractivity contribution is 0.493. The van der Waals surface area contributed by atoms with Crippen LogP contribution in [0.15, 0.2) is 12.3 Å². The molecule has 5 heteroatoms. The molecule has 18 heavy (non-hydrogen) atoms. The summed E-state index contributed by atoms with van der Waals surface area (Å²) in [4.78, 5) is 0. The predicted octanol–water partition coefficient (Wildman–Crippen LogP) is 1.93. The van der Waals surface area contributed by atoms with E-state index in [4.69, 9.17) is 5.73 Å². The van der Waals surface area contributed by atoms with Crippen LogP contribution in [0.1, 0.15) is 30.3 Å². The van der Waals surface area contributed by atoms with E-state index in [1.807, 2.05) is 16.9 Å². The molecule has 0 fully saturated rings. The van der Waals surface area contributed by atoms with Gasteiger partial charge in [-0.3, -0.25) is 9.36 Å². The Labute approximate surface area is 108 Å². The molecular formula is C13H21N5. The van der Waals surface area contributed by atoms with Crippen molar-refractivity contribution in [2.45, 2.75) is 46.7 Å². The van der Waals surface area contributed by atoms with Crippen LogP contribution in [0.5, 0.6) is 0 Å². The van der Waals surface area contributed by atoms with E-state index in [9.17, 15) is 0 Å². The number of nitrogens with two attached hydrogens (primary N) is 1. The zero-order valence-electron chi connectivity index (χ0n) is 11.3. The van der Waals surface area contributed by atoms with Crippen molar-refractivity contribution >= 4 is 5.82 Å². The molecule has 0 aliphatic carbocycles. The van der Waals surface area contributed by atoms with Crippen LogP contribution in [-0.2, 0) is 19.5 Å². The molecule has 0 saturated heterocycles. The lowest BCUT2D eigenvalue weighted by Crippen LogP contribution is -2.07. The molecule has 0 atom stereocenters. The fourth-order valence-corrected chi connectivity index (χ4v) is 2.35. The van der Waals surface area contributed by atoms with Gasteiger partial charge in [0, 0.05) is 25.0 Å². The van der Waals surface area contributed by atoms with Crippen molar-refractivity contribution in [1.29, 1.82) is 0 Å². The average Bonchev–Trinajstić information content (AvgIpc) is 2.85. The first kappa shape index (κ1) is 12.7. The summed E-state index contributed by atoms with van der Waals surface area (Å²) in [6.45, 7) is 8.19. The van der Waals surface area contributed by atoms with E-state index < -0.39 is 0 Å². The van der Waals surface area contributed by atoms with Crippen LogP contribution in [0.2, 0.25) is 0 Å². The maximum Gasteiger partial charge on any atom is 0.145 e. The molecule has 0 unspecified atom stereocenters. The second-order valence-corrected chi connectivity index (χ2v) is 4.58. The van der Waals surface area contributed by atoms with E-state index in [2.05, 4.69) is 35.7 Å². The first-order valence-corrected chi connectivity index (χ1v) is 6.43. The molecule has 0 saturated carbocycles. The summed E-state index contributed by atoms with van der Waals surface area (Å²) in [5, 5.41) is 8.75. The summed E-state index contributed by atoms with van der Waals surface area (Å²) in [5.41, 5.74) is 9.39. The van der Waals surface area contributed by atoms with Crippen molar-refractivity contribution in [2.24, 2.45) is 0 Å². The van der Waals surface area contributed by atoms with Crippen LogP contribution in [0.25, 0.3) is 0 Å². The molecule has 2 rings (SSSR count). The van der Waals surface area contributed by atoms with Gasteiger partial charge in [-0.15, -0.1) is 0 Å². The maximum atomic E-state index is 5.58. The monoisotopic (exact) mass is 247 g/mol. The van der Waals surface area contributed by atoms with Gasteiger partial charge in [0.05, 0.1) is 5.69 Å². The van der Waals surface area contributed by atoms with E-state index in [0.29, 0.717) is 5.82 Å². The highest BCUT2D eigenvalue weighted by molar-refractivity contribution is 5.24. The summed E-state index contributed by atoms with van der Waals surface area (Å²) < 4.78 is 3.97. The Hall–Kier alpha value is -1.78. The highest BCUT2D eigenvalue weighted by Crippen LogP contribution is 2.13. The number of hydrogen-bond donors (Lipinski definition) is 1. The van der Waals surface area contributed by atoms with Crippen molar-refractivity contribution < 1.29 is 0 Å². The summed E-state index contributed by atoms with van der Waals surface area (Å²) >= 11 is 0. The number of nitrogens with zero attached hydrogens (tertiary/aromatic N) is 4. The first-order valence-electron chi connectivity index (χ1n) is 6.43. The van der Waals surface area contributed by atoms with Gasteiger partial charge in [-0.1, -0.05) is 6.92 Å². The molecular weight excluding hydrogens is 226 g/mol. The van der Waals surface area contributed by atoms with Gasteiger partial charge in [-0.05, 0) is 38.3 Å². The highest BCUT2D eigenvalue weighted by atomic mass is 15.3. The van der Waals surface area contributed by atoms with E-state index >= 15 is 0 Å². The third-order valence-corrected chi connectivity index (χ3v) is 3.30. The quantitative estimate of drug-likeness (QED) is 0.878. The first-order chi connectivity index (χ1) is 8.61. The number of hydrogen-bond acceptors (Lipinski definition) is 3. The lowest BCUT2D eigenvalue weighted by atomic mass is 10.1. The van der Waals surface area contributed by atoms with Crippen LogP contribution in [0.4, 0.5) is 5.82 Å². The number of anilines is 1.